The predicted octanol–water partition coefficient (Wildman–Crippen LogP) is 2.57. The number of hydrogen-bond acceptors (Lipinski definition) is 6. The van der Waals surface area contributed by atoms with Gasteiger partial charge in [-0.15, -0.1) is 0 Å². The molecule has 0 aromatic rings. The zero-order valence-corrected chi connectivity index (χ0v) is 22.5. The summed E-state index contributed by atoms with van der Waals surface area (Å²) in [7, 11) is 0. The zero-order valence-electron chi connectivity index (χ0n) is 21.7. The van der Waals surface area contributed by atoms with Gasteiger partial charge in [-0.25, -0.2) is 0 Å². The van der Waals surface area contributed by atoms with E-state index in [4.69, 9.17) is 11.6 Å². The van der Waals surface area contributed by atoms with Gasteiger partial charge in [0.15, 0.2) is 0 Å². The maximum absolute atomic E-state index is 12.5. The van der Waals surface area contributed by atoms with Crippen molar-refractivity contribution in [3.8, 4) is 0 Å². The lowest BCUT2D eigenvalue weighted by molar-refractivity contribution is -0.124. The molecule has 0 aromatic heterocycles. The molecule has 2 aliphatic rings. The van der Waals surface area contributed by atoms with E-state index in [1.807, 2.05) is 13.8 Å². The van der Waals surface area contributed by atoms with Crippen LogP contribution >= 0.6 is 11.6 Å². The number of carbonyl (C=O) groups is 3. The zero-order chi connectivity index (χ0) is 26.8. The van der Waals surface area contributed by atoms with Gasteiger partial charge in [-0.1, -0.05) is 32.0 Å². The smallest absolute Gasteiger partial charge is 0.239 e. The molecule has 1 saturated carbocycles. The molecule has 0 radical (unpaired) electrons. The average molecular weight is 522 g/mol. The van der Waals surface area contributed by atoms with Crippen molar-refractivity contribution in [2.75, 3.05) is 19.6 Å². The van der Waals surface area contributed by atoms with E-state index < -0.39 is 6.23 Å². The fourth-order valence-electron chi connectivity index (χ4n) is 3.79. The molecule has 1 aliphatic carbocycles. The molecule has 36 heavy (non-hydrogen) atoms. The lowest BCUT2D eigenvalue weighted by atomic mass is 10.1. The number of rotatable bonds is 14. The molecular formula is C26H40ClN5O4. The Morgan fingerprint density at radius 2 is 2.00 bits per heavy atom. The van der Waals surface area contributed by atoms with Gasteiger partial charge in [-0.05, 0) is 51.2 Å². The van der Waals surface area contributed by atoms with Crippen molar-refractivity contribution in [1.82, 2.24) is 26.2 Å². The van der Waals surface area contributed by atoms with Gasteiger partial charge < -0.3 is 31.3 Å². The lowest BCUT2D eigenvalue weighted by Crippen LogP contribution is -2.42. The quantitative estimate of drug-likeness (QED) is 0.177. The standard InChI is InChI=1S/C26H40ClN5O4/c1-6-21(27)11-23(31-26(36)20-8-9-20)22(7-2)17(4)28-12-16(3)32(18(5)33)15-25(35)30-14-19-10-24(34)29-13-19/h11-12,18-20,28,33H,4,6-10,13-15H2,1-3,5H3,(H,29,34)(H,30,35)(H,31,36)/b16-12?,21-11+,23-22-. The van der Waals surface area contributed by atoms with Crippen LogP contribution in [-0.2, 0) is 14.4 Å². The maximum atomic E-state index is 12.5. The second kappa shape index (κ2) is 14.1. The molecule has 2 atom stereocenters. The van der Waals surface area contributed by atoms with Crippen LogP contribution in [0.5, 0.6) is 0 Å². The minimum atomic E-state index is -0.905. The summed E-state index contributed by atoms with van der Waals surface area (Å²) in [5, 5.41) is 22.6. The fourth-order valence-corrected chi connectivity index (χ4v) is 3.90. The Morgan fingerprint density at radius 1 is 1.31 bits per heavy atom. The Hall–Kier alpha value is -2.78. The Bertz CT molecular complexity index is 937. The molecule has 2 unspecified atom stereocenters. The van der Waals surface area contributed by atoms with Crippen molar-refractivity contribution in [3.05, 3.63) is 46.6 Å². The molecule has 200 valence electrons. The van der Waals surface area contributed by atoms with E-state index in [9.17, 15) is 19.5 Å². The SMILES string of the molecule is C=C(NC=C(C)N(CC(=O)NCC1CNC(=O)C1)C(C)O)/C(CC)=C(/C=C(/Cl)CC)NC(=O)C1CC1. The summed E-state index contributed by atoms with van der Waals surface area (Å²) in [4.78, 5) is 37.8. The normalized spacial score (nSPS) is 19.7. The van der Waals surface area contributed by atoms with Crippen LogP contribution in [-0.4, -0.2) is 53.6 Å². The summed E-state index contributed by atoms with van der Waals surface area (Å²) < 4.78 is 0. The van der Waals surface area contributed by atoms with Crippen LogP contribution in [0, 0.1) is 11.8 Å². The highest BCUT2D eigenvalue weighted by molar-refractivity contribution is 6.29. The van der Waals surface area contributed by atoms with Crippen LogP contribution in [0.3, 0.4) is 0 Å². The van der Waals surface area contributed by atoms with Gasteiger partial charge in [-0.2, -0.15) is 0 Å². The summed E-state index contributed by atoms with van der Waals surface area (Å²) in [6.45, 7) is 12.3. The summed E-state index contributed by atoms with van der Waals surface area (Å²) >= 11 is 6.29. The van der Waals surface area contributed by atoms with Crippen molar-refractivity contribution in [2.45, 2.75) is 66.0 Å². The van der Waals surface area contributed by atoms with Gasteiger partial charge in [0.05, 0.1) is 6.54 Å². The van der Waals surface area contributed by atoms with E-state index in [0.29, 0.717) is 54.5 Å². The third-order valence-electron chi connectivity index (χ3n) is 6.21. The van der Waals surface area contributed by atoms with Crippen LogP contribution in [0.15, 0.2) is 46.6 Å². The van der Waals surface area contributed by atoms with Crippen molar-refractivity contribution in [1.29, 1.82) is 0 Å². The number of aliphatic hydroxyl groups excluding tert-OH is 1. The average Bonchev–Trinajstić information content (AvgIpc) is 3.61. The van der Waals surface area contributed by atoms with E-state index in [1.54, 1.807) is 31.0 Å². The number of aliphatic hydroxyl groups is 1. The maximum Gasteiger partial charge on any atom is 0.239 e. The van der Waals surface area contributed by atoms with Crippen molar-refractivity contribution in [3.63, 3.8) is 0 Å². The molecule has 1 aliphatic heterocycles. The Kier molecular flexibility index (Phi) is 11.5. The van der Waals surface area contributed by atoms with Crippen LogP contribution < -0.4 is 21.3 Å². The number of hydrogen-bond donors (Lipinski definition) is 5. The number of nitrogens with one attached hydrogen (secondary N) is 4. The van der Waals surface area contributed by atoms with Gasteiger partial charge in [0.25, 0.3) is 0 Å². The second-order valence-electron chi connectivity index (χ2n) is 9.30. The largest absolute Gasteiger partial charge is 0.374 e. The van der Waals surface area contributed by atoms with Crippen LogP contribution in [0.2, 0.25) is 0 Å². The summed E-state index contributed by atoms with van der Waals surface area (Å²) in [6, 6.07) is 0. The molecule has 0 spiro atoms. The van der Waals surface area contributed by atoms with Gasteiger partial charge in [0.2, 0.25) is 17.7 Å². The first-order chi connectivity index (χ1) is 17.0. The molecular weight excluding hydrogens is 482 g/mol. The molecule has 0 bridgehead atoms. The minimum absolute atomic E-state index is 0.00634. The molecule has 1 heterocycles. The molecule has 1 saturated heterocycles. The van der Waals surface area contributed by atoms with Gasteiger partial charge in [0.1, 0.15) is 6.23 Å². The van der Waals surface area contributed by atoms with Crippen molar-refractivity contribution < 1.29 is 19.5 Å². The highest BCUT2D eigenvalue weighted by atomic mass is 35.5. The van der Waals surface area contributed by atoms with E-state index in [-0.39, 0.29) is 36.1 Å². The molecule has 9 nitrogen and oxygen atoms in total. The van der Waals surface area contributed by atoms with Gasteiger partial charge in [-0.3, -0.25) is 14.4 Å². The van der Waals surface area contributed by atoms with Crippen molar-refractivity contribution >= 4 is 29.3 Å². The summed E-state index contributed by atoms with van der Waals surface area (Å²) in [5.41, 5.74) is 2.63. The number of carbonyl (C=O) groups excluding carboxylic acids is 3. The molecule has 10 heteroatoms. The van der Waals surface area contributed by atoms with E-state index in [0.717, 1.165) is 18.4 Å². The molecule has 3 amide bonds. The first-order valence-electron chi connectivity index (χ1n) is 12.6. The Labute approximate surface area is 219 Å². The van der Waals surface area contributed by atoms with E-state index >= 15 is 0 Å². The topological polar surface area (TPSA) is 123 Å². The van der Waals surface area contributed by atoms with Crippen molar-refractivity contribution in [2.24, 2.45) is 11.8 Å². The number of amides is 3. The van der Waals surface area contributed by atoms with E-state index in [1.165, 1.54) is 0 Å². The highest BCUT2D eigenvalue weighted by Crippen LogP contribution is 2.30. The van der Waals surface area contributed by atoms with E-state index in [2.05, 4.69) is 27.8 Å². The molecule has 5 N–H and O–H groups in total. The fraction of sp³-hybridized carbons (Fsp3) is 0.577. The first kappa shape index (κ1) is 29.5. The number of nitrogens with zero attached hydrogens (tertiary/aromatic N) is 1. The summed E-state index contributed by atoms with van der Waals surface area (Å²) in [5.74, 6) is -0.150. The molecule has 2 rings (SSSR count). The lowest BCUT2D eigenvalue weighted by Gasteiger charge is -2.28. The number of allylic oxidation sites excluding steroid dienone is 4. The van der Waals surface area contributed by atoms with Gasteiger partial charge >= 0.3 is 0 Å². The monoisotopic (exact) mass is 521 g/mol. The minimum Gasteiger partial charge on any atom is -0.374 e. The predicted molar refractivity (Wildman–Crippen MR) is 141 cm³/mol. The second-order valence-corrected chi connectivity index (χ2v) is 9.79. The van der Waals surface area contributed by atoms with Crippen LogP contribution in [0.25, 0.3) is 0 Å². The third kappa shape index (κ3) is 9.35. The van der Waals surface area contributed by atoms with Crippen LogP contribution in [0.4, 0.5) is 0 Å². The Morgan fingerprint density at radius 3 is 2.53 bits per heavy atom. The molecule has 2 fully saturated rings. The van der Waals surface area contributed by atoms with Crippen LogP contribution in [0.1, 0.15) is 59.8 Å². The van der Waals surface area contributed by atoms with Gasteiger partial charge in [0, 0.05) is 59.7 Å². The highest BCUT2D eigenvalue weighted by Gasteiger charge is 2.30. The first-order valence-corrected chi connectivity index (χ1v) is 12.9. The third-order valence-corrected chi connectivity index (χ3v) is 6.59. The molecule has 0 aromatic carbocycles. The Balaban J connectivity index is 2.07. The summed E-state index contributed by atoms with van der Waals surface area (Å²) in [6.07, 6.45) is 5.96. The number of halogens is 1.